The van der Waals surface area contributed by atoms with Crippen LogP contribution in [0, 0.1) is 7.14 Å². The van der Waals surface area contributed by atoms with E-state index in [1.165, 1.54) is 11.8 Å². The zero-order valence-electron chi connectivity index (χ0n) is 11.5. The molecule has 21 heavy (non-hydrogen) atoms. The van der Waals surface area contributed by atoms with Gasteiger partial charge in [-0.3, -0.25) is 9.69 Å². The molecule has 0 aliphatic carbocycles. The molecule has 112 valence electrons. The number of benzene rings is 1. The number of carbonyl (C=O) groups is 1. The fourth-order valence-corrected chi connectivity index (χ4v) is 5.37. The molecule has 0 radical (unpaired) electrons. The third-order valence-corrected chi connectivity index (χ3v) is 5.65. The standard InChI is InChI=1S/C14H13I2NO2S2/c1-3-4-17-13(18)11(21-14(17)20)6-8-5-9(15)7-10(16)12(8)19-2/h5-7H,3-4H2,1-2H3/b11-6+. The van der Waals surface area contributed by atoms with Gasteiger partial charge in [0.2, 0.25) is 0 Å². The second kappa shape index (κ2) is 7.60. The molecule has 0 aromatic heterocycles. The highest BCUT2D eigenvalue weighted by atomic mass is 127. The summed E-state index contributed by atoms with van der Waals surface area (Å²) >= 11 is 11.1. The molecule has 2 rings (SSSR count). The van der Waals surface area contributed by atoms with E-state index in [-0.39, 0.29) is 5.91 Å². The summed E-state index contributed by atoms with van der Waals surface area (Å²) in [6, 6.07) is 4.05. The van der Waals surface area contributed by atoms with Crippen molar-refractivity contribution in [2.45, 2.75) is 13.3 Å². The van der Waals surface area contributed by atoms with Gasteiger partial charge in [-0.15, -0.1) is 0 Å². The van der Waals surface area contributed by atoms with Gasteiger partial charge in [-0.1, -0.05) is 30.9 Å². The topological polar surface area (TPSA) is 29.5 Å². The molecule has 0 N–H and O–H groups in total. The monoisotopic (exact) mass is 545 g/mol. The number of hydrogen-bond acceptors (Lipinski definition) is 4. The largest absolute Gasteiger partial charge is 0.495 e. The maximum Gasteiger partial charge on any atom is 0.266 e. The Hall–Kier alpha value is 0.130. The average molecular weight is 545 g/mol. The minimum absolute atomic E-state index is 0.0113. The van der Waals surface area contributed by atoms with E-state index in [0.29, 0.717) is 15.8 Å². The molecule has 0 atom stereocenters. The number of ether oxygens (including phenoxy) is 1. The Bertz CT molecular complexity index is 632. The molecule has 1 aliphatic heterocycles. The highest BCUT2D eigenvalue weighted by Crippen LogP contribution is 2.36. The van der Waals surface area contributed by atoms with E-state index < -0.39 is 0 Å². The Morgan fingerprint density at radius 3 is 2.76 bits per heavy atom. The molecule has 1 heterocycles. The Labute approximate surface area is 161 Å². The van der Waals surface area contributed by atoms with Crippen LogP contribution in [0.2, 0.25) is 0 Å². The van der Waals surface area contributed by atoms with E-state index in [4.69, 9.17) is 17.0 Å². The molecule has 0 spiro atoms. The Balaban J connectivity index is 2.41. The van der Waals surface area contributed by atoms with Crippen molar-refractivity contribution in [1.29, 1.82) is 0 Å². The van der Waals surface area contributed by atoms with Crippen molar-refractivity contribution < 1.29 is 9.53 Å². The summed E-state index contributed by atoms with van der Waals surface area (Å²) in [7, 11) is 1.64. The molecule has 1 aromatic carbocycles. The van der Waals surface area contributed by atoms with Crippen molar-refractivity contribution in [2.24, 2.45) is 0 Å². The third kappa shape index (κ3) is 3.91. The van der Waals surface area contributed by atoms with Crippen LogP contribution in [0.4, 0.5) is 0 Å². The number of nitrogens with zero attached hydrogens (tertiary/aromatic N) is 1. The molecular formula is C14H13I2NO2S2. The Morgan fingerprint density at radius 2 is 2.14 bits per heavy atom. The number of rotatable bonds is 4. The van der Waals surface area contributed by atoms with Crippen LogP contribution < -0.4 is 4.74 Å². The summed E-state index contributed by atoms with van der Waals surface area (Å²) in [4.78, 5) is 14.7. The Morgan fingerprint density at radius 1 is 1.43 bits per heavy atom. The van der Waals surface area contributed by atoms with E-state index in [1.807, 2.05) is 25.1 Å². The van der Waals surface area contributed by atoms with Crippen LogP contribution in [-0.2, 0) is 4.79 Å². The van der Waals surface area contributed by atoms with E-state index in [1.54, 1.807) is 12.0 Å². The van der Waals surface area contributed by atoms with Crippen molar-refractivity contribution in [2.75, 3.05) is 13.7 Å². The maximum absolute atomic E-state index is 12.4. The Kier molecular flexibility index (Phi) is 6.33. The summed E-state index contributed by atoms with van der Waals surface area (Å²) in [5.74, 6) is 0.777. The number of carbonyl (C=O) groups excluding carboxylic acids is 1. The maximum atomic E-state index is 12.4. The highest BCUT2D eigenvalue weighted by molar-refractivity contribution is 14.1. The molecule has 1 aliphatic rings. The van der Waals surface area contributed by atoms with E-state index in [9.17, 15) is 4.79 Å². The van der Waals surface area contributed by atoms with Gasteiger partial charge in [0.15, 0.2) is 0 Å². The van der Waals surface area contributed by atoms with Gasteiger partial charge in [0, 0.05) is 15.7 Å². The highest BCUT2D eigenvalue weighted by Gasteiger charge is 2.31. The van der Waals surface area contributed by atoms with Gasteiger partial charge >= 0.3 is 0 Å². The molecule has 0 bridgehead atoms. The van der Waals surface area contributed by atoms with Crippen LogP contribution in [0.5, 0.6) is 5.75 Å². The second-order valence-corrected chi connectivity index (χ2v) is 8.43. The van der Waals surface area contributed by atoms with E-state index >= 15 is 0 Å². The first-order chi connectivity index (χ1) is 9.97. The van der Waals surface area contributed by atoms with Crippen LogP contribution in [-0.4, -0.2) is 28.8 Å². The zero-order chi connectivity index (χ0) is 15.6. The van der Waals surface area contributed by atoms with Gasteiger partial charge in [0.05, 0.1) is 15.6 Å². The number of amides is 1. The van der Waals surface area contributed by atoms with Gasteiger partial charge in [-0.25, -0.2) is 0 Å². The van der Waals surface area contributed by atoms with E-state index in [2.05, 4.69) is 45.2 Å². The summed E-state index contributed by atoms with van der Waals surface area (Å²) < 4.78 is 8.22. The minimum atomic E-state index is -0.0113. The third-order valence-electron chi connectivity index (χ3n) is 2.85. The lowest BCUT2D eigenvalue weighted by atomic mass is 10.2. The first kappa shape index (κ1) is 17.5. The van der Waals surface area contributed by atoms with Crippen LogP contribution in [0.3, 0.4) is 0 Å². The average Bonchev–Trinajstić information content (AvgIpc) is 2.66. The molecule has 3 nitrogen and oxygen atoms in total. The molecular weight excluding hydrogens is 532 g/mol. The lowest BCUT2D eigenvalue weighted by molar-refractivity contribution is -0.122. The van der Waals surface area contributed by atoms with Crippen molar-refractivity contribution in [3.05, 3.63) is 29.7 Å². The second-order valence-electron chi connectivity index (χ2n) is 4.34. The summed E-state index contributed by atoms with van der Waals surface area (Å²) in [5, 5.41) is 0. The fraction of sp³-hybridized carbons (Fsp3) is 0.286. The SMILES string of the molecule is CCCN1C(=O)/C(=C\c2cc(I)cc(I)c2OC)SC1=S. The van der Waals surface area contributed by atoms with Gasteiger partial charge in [0.1, 0.15) is 10.1 Å². The van der Waals surface area contributed by atoms with Crippen molar-refractivity contribution in [3.8, 4) is 5.75 Å². The van der Waals surface area contributed by atoms with Gasteiger partial charge in [0.25, 0.3) is 5.91 Å². The number of halogens is 2. The molecule has 0 unspecified atom stereocenters. The first-order valence-corrected chi connectivity index (χ1v) is 9.64. The van der Waals surface area contributed by atoms with Crippen molar-refractivity contribution >= 4 is 85.5 Å². The molecule has 0 saturated carbocycles. The smallest absolute Gasteiger partial charge is 0.266 e. The number of methoxy groups -OCH3 is 1. The number of thioether (sulfide) groups is 1. The summed E-state index contributed by atoms with van der Waals surface area (Å²) in [5.41, 5.74) is 0.908. The minimum Gasteiger partial charge on any atom is -0.495 e. The van der Waals surface area contributed by atoms with E-state index in [0.717, 1.165) is 24.9 Å². The summed E-state index contributed by atoms with van der Waals surface area (Å²) in [6.07, 6.45) is 2.77. The van der Waals surface area contributed by atoms with Gasteiger partial charge in [-0.2, -0.15) is 0 Å². The molecule has 1 fully saturated rings. The number of hydrogen-bond donors (Lipinski definition) is 0. The van der Waals surface area contributed by atoms with Gasteiger partial charge < -0.3 is 4.74 Å². The normalized spacial score (nSPS) is 17.0. The van der Waals surface area contributed by atoms with Crippen LogP contribution >= 0.6 is 69.2 Å². The predicted octanol–water partition coefficient (Wildman–Crippen LogP) is 4.52. The molecule has 1 saturated heterocycles. The predicted molar refractivity (Wildman–Crippen MR) is 109 cm³/mol. The van der Waals surface area contributed by atoms with Crippen LogP contribution in [0.1, 0.15) is 18.9 Å². The van der Waals surface area contributed by atoms with Crippen molar-refractivity contribution in [1.82, 2.24) is 4.90 Å². The lowest BCUT2D eigenvalue weighted by Crippen LogP contribution is -2.28. The number of thiocarbonyl (C=S) groups is 1. The summed E-state index contributed by atoms with van der Waals surface area (Å²) in [6.45, 7) is 2.70. The quantitative estimate of drug-likeness (QED) is 0.317. The fourth-order valence-electron chi connectivity index (χ4n) is 1.96. The van der Waals surface area contributed by atoms with Gasteiger partial charge in [-0.05, 0) is 69.8 Å². The lowest BCUT2D eigenvalue weighted by Gasteiger charge is -2.12. The van der Waals surface area contributed by atoms with Crippen LogP contribution in [0.25, 0.3) is 6.08 Å². The molecule has 1 amide bonds. The first-order valence-electron chi connectivity index (χ1n) is 6.26. The zero-order valence-corrected chi connectivity index (χ0v) is 17.4. The molecule has 1 aromatic rings. The molecule has 7 heteroatoms. The van der Waals surface area contributed by atoms with Crippen molar-refractivity contribution in [3.63, 3.8) is 0 Å². The van der Waals surface area contributed by atoms with Crippen LogP contribution in [0.15, 0.2) is 17.0 Å².